The summed E-state index contributed by atoms with van der Waals surface area (Å²) in [4.78, 5) is 21.8. The summed E-state index contributed by atoms with van der Waals surface area (Å²) < 4.78 is 12.4. The van der Waals surface area contributed by atoms with Crippen LogP contribution in [0.15, 0.2) is 61.2 Å². The third kappa shape index (κ3) is 4.56. The van der Waals surface area contributed by atoms with Crippen LogP contribution in [0.3, 0.4) is 0 Å². The average Bonchev–Trinajstić information content (AvgIpc) is 3.41. The topological polar surface area (TPSA) is 78.7 Å². The number of methoxy groups -OCH3 is 1. The lowest BCUT2D eigenvalue weighted by molar-refractivity contribution is -0.180. The van der Waals surface area contributed by atoms with Gasteiger partial charge in [-0.25, -0.2) is 9.78 Å². The molecule has 1 saturated heterocycles. The molecule has 0 aliphatic carbocycles. The number of nitrogens with zero attached hydrogens (tertiary/aromatic N) is 4. The first-order valence-electron chi connectivity index (χ1n) is 9.80. The number of likely N-dealkylation sites (N-methyl/N-ethyl adjacent to an activating group) is 1. The lowest BCUT2D eigenvalue weighted by Crippen LogP contribution is -2.42. The van der Waals surface area contributed by atoms with Crippen LogP contribution in [0.25, 0.3) is 0 Å². The number of benzene rings is 2. The quantitative estimate of drug-likeness (QED) is 0.519. The van der Waals surface area contributed by atoms with Crippen molar-refractivity contribution in [2.24, 2.45) is 0 Å². The third-order valence-electron chi connectivity index (χ3n) is 5.46. The smallest absolute Gasteiger partial charge is 0.337 e. The Morgan fingerprint density at radius 2 is 1.97 bits per heavy atom. The van der Waals surface area contributed by atoms with Crippen LogP contribution in [0.1, 0.15) is 22.3 Å². The van der Waals surface area contributed by atoms with Crippen molar-refractivity contribution in [3.8, 4) is 5.75 Å². The molecule has 1 fully saturated rings. The van der Waals surface area contributed by atoms with Gasteiger partial charge in [0, 0.05) is 18.5 Å². The van der Waals surface area contributed by atoms with Gasteiger partial charge in [-0.15, -0.1) is 0 Å². The molecule has 9 heteroatoms. The fourth-order valence-corrected chi connectivity index (χ4v) is 3.97. The molecule has 0 N–H and O–H groups in total. The fraction of sp³-hybridized carbons (Fsp3) is 0.318. The molecule has 31 heavy (non-hydrogen) atoms. The van der Waals surface area contributed by atoms with E-state index in [9.17, 15) is 4.79 Å². The summed E-state index contributed by atoms with van der Waals surface area (Å²) in [5, 5.41) is 6.82. The van der Waals surface area contributed by atoms with Crippen LogP contribution in [0, 0.1) is 0 Å². The van der Waals surface area contributed by atoms with E-state index in [1.165, 1.54) is 13.4 Å². The Labute approximate surface area is 185 Å². The minimum Gasteiger partial charge on any atom is -0.491 e. The maximum absolute atomic E-state index is 11.6. The first-order chi connectivity index (χ1) is 15.0. The molecule has 1 aromatic heterocycles. The third-order valence-corrected chi connectivity index (χ3v) is 5.71. The molecule has 2 atom stereocenters. The summed E-state index contributed by atoms with van der Waals surface area (Å²) in [5.41, 5.74) is 1.09. The number of carbonyl (C=O) groups is 1. The van der Waals surface area contributed by atoms with E-state index >= 15 is 0 Å². The second-order valence-corrected chi connectivity index (χ2v) is 7.82. The molecule has 2 heterocycles. The van der Waals surface area contributed by atoms with Gasteiger partial charge in [0.2, 0.25) is 0 Å². The Hall–Kier alpha value is -2.94. The van der Waals surface area contributed by atoms with Crippen molar-refractivity contribution in [2.75, 3.05) is 20.8 Å². The van der Waals surface area contributed by atoms with E-state index < -0.39 is 5.54 Å². The van der Waals surface area contributed by atoms with Gasteiger partial charge in [-0.1, -0.05) is 23.7 Å². The molecular formula is C22H23ClN4O4. The number of ether oxygens (including phenoxy) is 2. The summed E-state index contributed by atoms with van der Waals surface area (Å²) in [7, 11) is 3.27. The first kappa shape index (κ1) is 21.3. The van der Waals surface area contributed by atoms with Crippen LogP contribution in [0.2, 0.25) is 5.02 Å². The van der Waals surface area contributed by atoms with Crippen molar-refractivity contribution in [1.29, 1.82) is 0 Å². The van der Waals surface area contributed by atoms with E-state index in [4.69, 9.17) is 25.9 Å². The number of carbonyl (C=O) groups excluding carboxylic acids is 1. The number of aromatic nitrogens is 3. The van der Waals surface area contributed by atoms with Gasteiger partial charge in [-0.05, 0) is 42.0 Å². The molecular weight excluding hydrogens is 420 g/mol. The maximum atomic E-state index is 11.6. The van der Waals surface area contributed by atoms with E-state index in [-0.39, 0.29) is 12.1 Å². The average molecular weight is 443 g/mol. The van der Waals surface area contributed by atoms with Gasteiger partial charge in [0.05, 0.1) is 24.8 Å². The highest BCUT2D eigenvalue weighted by Gasteiger charge is 2.47. The SMILES string of the molecule is COC(=O)c1ccc(OC[C@H]2C[C@@](Cn3cncn3)(c3ccc(Cl)cc3)N(C)O2)cc1. The predicted molar refractivity (Wildman–Crippen MR) is 114 cm³/mol. The van der Waals surface area contributed by atoms with E-state index in [1.807, 2.05) is 36.4 Å². The summed E-state index contributed by atoms with van der Waals surface area (Å²) >= 11 is 6.11. The Morgan fingerprint density at radius 1 is 1.23 bits per heavy atom. The molecule has 0 bridgehead atoms. The minimum absolute atomic E-state index is 0.176. The maximum Gasteiger partial charge on any atom is 0.337 e. The highest BCUT2D eigenvalue weighted by atomic mass is 35.5. The Morgan fingerprint density at radius 3 is 2.61 bits per heavy atom. The molecule has 0 amide bonds. The second kappa shape index (κ2) is 9.05. The predicted octanol–water partition coefficient (Wildman–Crippen LogP) is 3.33. The van der Waals surface area contributed by atoms with Gasteiger partial charge in [-0.2, -0.15) is 10.2 Å². The van der Waals surface area contributed by atoms with Crippen molar-refractivity contribution < 1.29 is 19.1 Å². The van der Waals surface area contributed by atoms with E-state index in [1.54, 1.807) is 35.3 Å². The van der Waals surface area contributed by atoms with E-state index in [2.05, 4.69) is 10.1 Å². The van der Waals surface area contributed by atoms with E-state index in [0.717, 1.165) is 5.56 Å². The first-order valence-corrected chi connectivity index (χ1v) is 10.2. The fourth-order valence-electron chi connectivity index (χ4n) is 3.85. The highest BCUT2D eigenvalue weighted by molar-refractivity contribution is 6.30. The molecule has 1 aliphatic rings. The molecule has 2 aromatic carbocycles. The number of halogens is 1. The summed E-state index contributed by atoms with van der Waals surface area (Å²) in [6.07, 6.45) is 3.72. The number of rotatable bonds is 7. The van der Waals surface area contributed by atoms with Crippen molar-refractivity contribution in [2.45, 2.75) is 24.6 Å². The molecule has 1 aliphatic heterocycles. The molecule has 4 rings (SSSR count). The number of hydroxylamine groups is 2. The second-order valence-electron chi connectivity index (χ2n) is 7.39. The van der Waals surface area contributed by atoms with Gasteiger partial charge in [0.25, 0.3) is 0 Å². The molecule has 0 spiro atoms. The highest BCUT2D eigenvalue weighted by Crippen LogP contribution is 2.41. The molecule has 162 valence electrons. The molecule has 0 saturated carbocycles. The van der Waals surface area contributed by atoms with E-state index in [0.29, 0.717) is 35.9 Å². The zero-order chi connectivity index (χ0) is 21.8. The van der Waals surface area contributed by atoms with Crippen LogP contribution in [-0.2, 0) is 21.7 Å². The van der Waals surface area contributed by atoms with Gasteiger partial charge in [0.15, 0.2) is 0 Å². The van der Waals surface area contributed by atoms with Gasteiger partial charge in [-0.3, -0.25) is 9.52 Å². The Bertz CT molecular complexity index is 1010. The lowest BCUT2D eigenvalue weighted by Gasteiger charge is -2.34. The summed E-state index contributed by atoms with van der Waals surface area (Å²) in [6, 6.07) is 14.6. The number of esters is 1. The van der Waals surface area contributed by atoms with Crippen molar-refractivity contribution >= 4 is 17.6 Å². The van der Waals surface area contributed by atoms with Crippen LogP contribution >= 0.6 is 11.6 Å². The molecule has 8 nitrogen and oxygen atoms in total. The van der Waals surface area contributed by atoms with Crippen LogP contribution in [0.4, 0.5) is 0 Å². The van der Waals surface area contributed by atoms with Crippen LogP contribution in [0.5, 0.6) is 5.75 Å². The monoisotopic (exact) mass is 442 g/mol. The molecule has 0 radical (unpaired) electrons. The van der Waals surface area contributed by atoms with Crippen molar-refractivity contribution in [1.82, 2.24) is 19.8 Å². The summed E-state index contributed by atoms with van der Waals surface area (Å²) in [6.45, 7) is 0.921. The Kier molecular flexibility index (Phi) is 6.22. The van der Waals surface area contributed by atoms with Crippen molar-refractivity contribution in [3.05, 3.63) is 77.3 Å². The standard InChI is InChI=1S/C22H23ClN4O4/c1-26-22(13-27-15-24-14-25-27,17-5-7-18(23)8-6-17)11-20(31-26)12-30-19-9-3-16(4-10-19)21(28)29-2/h3-10,14-15,20H,11-13H2,1-2H3/t20-,22-/m1/s1. The Balaban J connectivity index is 1.49. The van der Waals surface area contributed by atoms with Crippen LogP contribution in [-0.4, -0.2) is 52.7 Å². The number of hydrogen-bond donors (Lipinski definition) is 0. The zero-order valence-corrected chi connectivity index (χ0v) is 18.0. The molecule has 0 unspecified atom stereocenters. The lowest BCUT2D eigenvalue weighted by atomic mass is 9.85. The van der Waals surface area contributed by atoms with Gasteiger partial charge >= 0.3 is 5.97 Å². The minimum atomic E-state index is -0.457. The van der Waals surface area contributed by atoms with Gasteiger partial charge < -0.3 is 9.47 Å². The van der Waals surface area contributed by atoms with Gasteiger partial charge in [0.1, 0.15) is 31.1 Å². The van der Waals surface area contributed by atoms with Crippen molar-refractivity contribution in [3.63, 3.8) is 0 Å². The largest absolute Gasteiger partial charge is 0.491 e. The molecule has 3 aromatic rings. The number of hydrogen-bond acceptors (Lipinski definition) is 7. The normalized spacial score (nSPS) is 21.2. The summed E-state index contributed by atoms with van der Waals surface area (Å²) in [5.74, 6) is 0.271. The van der Waals surface area contributed by atoms with Crippen LogP contribution < -0.4 is 4.74 Å². The zero-order valence-electron chi connectivity index (χ0n) is 17.3.